The summed E-state index contributed by atoms with van der Waals surface area (Å²) in [5.41, 5.74) is 3.43. The Morgan fingerprint density at radius 2 is 1.74 bits per heavy atom. The summed E-state index contributed by atoms with van der Waals surface area (Å²) in [6, 6.07) is 10.5. The Kier molecular flexibility index (Phi) is 2.45. The van der Waals surface area contributed by atoms with Gasteiger partial charge in [-0.05, 0) is 23.6 Å². The van der Waals surface area contributed by atoms with Gasteiger partial charge in [-0.15, -0.1) is 0 Å². The number of carbonyl (C=O) groups excluding carboxylic acids is 1. The topological polar surface area (TPSA) is 60.2 Å². The summed E-state index contributed by atoms with van der Waals surface area (Å²) in [6.07, 6.45) is 0.569. The van der Waals surface area contributed by atoms with Crippen LogP contribution < -0.4 is 0 Å². The van der Waals surface area contributed by atoms with Crippen LogP contribution in [-0.4, -0.2) is 10.7 Å². The van der Waals surface area contributed by atoms with Gasteiger partial charge in [-0.25, -0.2) is 0 Å². The second kappa shape index (κ2) is 4.02. The van der Waals surface area contributed by atoms with Gasteiger partial charge in [0.1, 0.15) is 0 Å². The van der Waals surface area contributed by atoms with Crippen LogP contribution in [-0.2, 0) is 6.42 Å². The van der Waals surface area contributed by atoms with Crippen molar-refractivity contribution in [1.82, 2.24) is 0 Å². The van der Waals surface area contributed by atoms with Crippen molar-refractivity contribution in [2.75, 3.05) is 0 Å². The van der Waals surface area contributed by atoms with E-state index in [0.29, 0.717) is 23.1 Å². The zero-order valence-electron chi connectivity index (χ0n) is 10.3. The second-order valence-electron chi connectivity index (χ2n) is 4.51. The van der Waals surface area contributed by atoms with Gasteiger partial charge in [-0.1, -0.05) is 31.2 Å². The van der Waals surface area contributed by atoms with E-state index in [2.05, 4.69) is 0 Å². The Hall–Kier alpha value is -2.49. The molecule has 4 nitrogen and oxygen atoms in total. The van der Waals surface area contributed by atoms with Crippen LogP contribution in [0.25, 0.3) is 11.1 Å². The number of nitro benzene ring substituents is 1. The molecule has 0 aliphatic heterocycles. The fourth-order valence-electron chi connectivity index (χ4n) is 2.56. The first-order valence-corrected chi connectivity index (χ1v) is 6.09. The van der Waals surface area contributed by atoms with Gasteiger partial charge in [0, 0.05) is 22.8 Å². The number of hydrogen-bond acceptors (Lipinski definition) is 3. The number of fused-ring (bicyclic) bond motifs is 3. The molecule has 0 amide bonds. The quantitative estimate of drug-likeness (QED) is 0.519. The molecule has 1 aliphatic rings. The largest absolute Gasteiger partial charge is 0.289 e. The first-order valence-electron chi connectivity index (χ1n) is 6.09. The standard InChI is InChI=1S/C15H11NO3/c1-2-9-7-12-10-5-3-4-6-11(10)15(17)13(12)8-14(9)16(18)19/h3-8H,2H2,1H3. The number of carbonyl (C=O) groups is 1. The molecule has 3 rings (SSSR count). The van der Waals surface area contributed by atoms with Crippen LogP contribution in [0.2, 0.25) is 0 Å². The number of nitro groups is 1. The maximum Gasteiger partial charge on any atom is 0.273 e. The van der Waals surface area contributed by atoms with Crippen molar-refractivity contribution >= 4 is 11.5 Å². The average molecular weight is 253 g/mol. The van der Waals surface area contributed by atoms with Crippen molar-refractivity contribution in [3.8, 4) is 11.1 Å². The number of aryl methyl sites for hydroxylation is 1. The summed E-state index contributed by atoms with van der Waals surface area (Å²) in [5, 5.41) is 11.1. The van der Waals surface area contributed by atoms with Crippen LogP contribution in [0.1, 0.15) is 28.4 Å². The molecule has 2 aromatic carbocycles. The minimum Gasteiger partial charge on any atom is -0.289 e. The van der Waals surface area contributed by atoms with Gasteiger partial charge < -0.3 is 0 Å². The maximum atomic E-state index is 12.2. The van der Waals surface area contributed by atoms with E-state index in [9.17, 15) is 14.9 Å². The van der Waals surface area contributed by atoms with E-state index in [0.717, 1.165) is 11.1 Å². The van der Waals surface area contributed by atoms with E-state index in [-0.39, 0.29) is 11.5 Å². The Morgan fingerprint density at radius 1 is 1.05 bits per heavy atom. The van der Waals surface area contributed by atoms with Gasteiger partial charge in [-0.3, -0.25) is 14.9 Å². The molecule has 0 N–H and O–H groups in total. The van der Waals surface area contributed by atoms with Crippen LogP contribution >= 0.6 is 0 Å². The van der Waals surface area contributed by atoms with Crippen molar-refractivity contribution in [3.05, 3.63) is 63.2 Å². The van der Waals surface area contributed by atoms with Gasteiger partial charge in [0.25, 0.3) is 5.69 Å². The molecule has 2 aromatic rings. The number of nitrogens with zero attached hydrogens (tertiary/aromatic N) is 1. The molecule has 0 heterocycles. The van der Waals surface area contributed by atoms with Crippen LogP contribution in [0.5, 0.6) is 0 Å². The highest BCUT2D eigenvalue weighted by Gasteiger charge is 2.29. The Balaban J connectivity index is 2.32. The fraction of sp³-hybridized carbons (Fsp3) is 0.133. The lowest BCUT2D eigenvalue weighted by Crippen LogP contribution is -1.99. The smallest absolute Gasteiger partial charge is 0.273 e. The third kappa shape index (κ3) is 1.57. The summed E-state index contributed by atoms with van der Waals surface area (Å²) in [7, 11) is 0. The highest BCUT2D eigenvalue weighted by molar-refractivity contribution is 6.22. The first-order chi connectivity index (χ1) is 9.13. The first kappa shape index (κ1) is 11.6. The Labute approximate surface area is 109 Å². The minimum absolute atomic E-state index is 0.0300. The summed E-state index contributed by atoms with van der Waals surface area (Å²) < 4.78 is 0. The van der Waals surface area contributed by atoms with Gasteiger partial charge in [-0.2, -0.15) is 0 Å². The number of benzene rings is 2. The SMILES string of the molecule is CCc1cc2c(cc1[N+](=O)[O-])C(=O)c1ccccc1-2. The van der Waals surface area contributed by atoms with Gasteiger partial charge in [0.2, 0.25) is 0 Å². The Morgan fingerprint density at radius 3 is 2.37 bits per heavy atom. The number of rotatable bonds is 2. The predicted molar refractivity (Wildman–Crippen MR) is 71.3 cm³/mol. The van der Waals surface area contributed by atoms with Crippen molar-refractivity contribution in [3.63, 3.8) is 0 Å². The molecule has 19 heavy (non-hydrogen) atoms. The lowest BCUT2D eigenvalue weighted by atomic mass is 10.00. The molecule has 0 saturated carbocycles. The van der Waals surface area contributed by atoms with E-state index in [4.69, 9.17) is 0 Å². The van der Waals surface area contributed by atoms with E-state index in [1.165, 1.54) is 6.07 Å². The summed E-state index contributed by atoms with van der Waals surface area (Å²) in [4.78, 5) is 22.9. The van der Waals surface area contributed by atoms with E-state index < -0.39 is 4.92 Å². The molecule has 0 spiro atoms. The molecule has 0 unspecified atom stereocenters. The fourth-order valence-corrected chi connectivity index (χ4v) is 2.56. The van der Waals surface area contributed by atoms with Crippen molar-refractivity contribution in [2.45, 2.75) is 13.3 Å². The van der Waals surface area contributed by atoms with Crippen molar-refractivity contribution < 1.29 is 9.72 Å². The highest BCUT2D eigenvalue weighted by atomic mass is 16.6. The van der Waals surface area contributed by atoms with E-state index >= 15 is 0 Å². The van der Waals surface area contributed by atoms with E-state index in [1.807, 2.05) is 19.1 Å². The van der Waals surface area contributed by atoms with E-state index in [1.54, 1.807) is 18.2 Å². The summed E-state index contributed by atoms with van der Waals surface area (Å²) >= 11 is 0. The number of ketones is 1. The van der Waals surface area contributed by atoms with Gasteiger partial charge >= 0.3 is 0 Å². The van der Waals surface area contributed by atoms with Crippen molar-refractivity contribution in [1.29, 1.82) is 0 Å². The molecule has 4 heteroatoms. The molecule has 0 atom stereocenters. The molecule has 0 aromatic heterocycles. The van der Waals surface area contributed by atoms with Crippen LogP contribution in [0.15, 0.2) is 36.4 Å². The second-order valence-corrected chi connectivity index (χ2v) is 4.51. The minimum atomic E-state index is -0.421. The summed E-state index contributed by atoms with van der Waals surface area (Å²) in [6.45, 7) is 1.87. The molecular weight excluding hydrogens is 242 g/mol. The zero-order valence-corrected chi connectivity index (χ0v) is 10.3. The molecule has 0 saturated heterocycles. The highest BCUT2D eigenvalue weighted by Crippen LogP contribution is 2.39. The third-order valence-corrected chi connectivity index (χ3v) is 3.50. The molecular formula is C15H11NO3. The Bertz CT molecular complexity index is 719. The van der Waals surface area contributed by atoms with Gasteiger partial charge in [0.05, 0.1) is 4.92 Å². The summed E-state index contributed by atoms with van der Waals surface area (Å²) in [5.74, 6) is -0.128. The molecule has 94 valence electrons. The zero-order chi connectivity index (χ0) is 13.6. The van der Waals surface area contributed by atoms with Crippen molar-refractivity contribution in [2.24, 2.45) is 0 Å². The monoisotopic (exact) mass is 253 g/mol. The van der Waals surface area contributed by atoms with Crippen LogP contribution in [0.4, 0.5) is 5.69 Å². The normalized spacial score (nSPS) is 12.2. The number of hydrogen-bond donors (Lipinski definition) is 0. The average Bonchev–Trinajstić information content (AvgIpc) is 2.71. The molecule has 0 bridgehead atoms. The van der Waals surface area contributed by atoms with Crippen LogP contribution in [0, 0.1) is 10.1 Å². The third-order valence-electron chi connectivity index (χ3n) is 3.50. The molecule has 0 radical (unpaired) electrons. The molecule has 1 aliphatic carbocycles. The molecule has 0 fully saturated rings. The predicted octanol–water partition coefficient (Wildman–Crippen LogP) is 3.37. The lowest BCUT2D eigenvalue weighted by molar-refractivity contribution is -0.385. The maximum absolute atomic E-state index is 12.2. The van der Waals surface area contributed by atoms with Crippen LogP contribution in [0.3, 0.4) is 0 Å². The van der Waals surface area contributed by atoms with Gasteiger partial charge in [0.15, 0.2) is 5.78 Å². The lowest BCUT2D eigenvalue weighted by Gasteiger charge is -2.04.